The lowest BCUT2D eigenvalue weighted by Crippen LogP contribution is -2.52. The second kappa shape index (κ2) is 5.71. The minimum atomic E-state index is 0.424. The van der Waals surface area contributed by atoms with E-state index in [0.29, 0.717) is 5.37 Å². The molecule has 4 heteroatoms. The van der Waals surface area contributed by atoms with Crippen LogP contribution in [0.3, 0.4) is 0 Å². The van der Waals surface area contributed by atoms with Crippen molar-refractivity contribution >= 4 is 12.6 Å². The van der Waals surface area contributed by atoms with Gasteiger partial charge in [-0.05, 0) is 26.8 Å². The number of hydrogen-bond acceptors (Lipinski definition) is 4. The summed E-state index contributed by atoms with van der Waals surface area (Å²) in [4.78, 5) is 7.61. The van der Waals surface area contributed by atoms with Crippen molar-refractivity contribution < 1.29 is 0 Å². The van der Waals surface area contributed by atoms with E-state index in [1.165, 1.54) is 52.1 Å². The van der Waals surface area contributed by atoms with Crippen molar-refractivity contribution in [2.24, 2.45) is 0 Å². The van der Waals surface area contributed by atoms with E-state index in [4.69, 9.17) is 0 Å². The Bertz CT molecular complexity index is 206. The van der Waals surface area contributed by atoms with Gasteiger partial charge in [-0.15, -0.1) is 0 Å². The maximum atomic E-state index is 4.52. The van der Waals surface area contributed by atoms with Crippen LogP contribution in [0.1, 0.15) is 19.8 Å². The molecule has 2 rings (SSSR count). The van der Waals surface area contributed by atoms with Crippen molar-refractivity contribution in [1.82, 2.24) is 14.7 Å². The van der Waals surface area contributed by atoms with Crippen LogP contribution in [0.5, 0.6) is 0 Å². The van der Waals surface area contributed by atoms with E-state index >= 15 is 0 Å². The highest BCUT2D eigenvalue weighted by Crippen LogP contribution is 2.20. The van der Waals surface area contributed by atoms with Gasteiger partial charge in [0.2, 0.25) is 0 Å². The molecule has 0 amide bonds. The van der Waals surface area contributed by atoms with Gasteiger partial charge < -0.3 is 4.90 Å². The summed E-state index contributed by atoms with van der Waals surface area (Å²) in [5, 5.41) is 0.424. The third-order valence-electron chi connectivity index (χ3n) is 4.08. The fraction of sp³-hybridized carbons (Fsp3) is 1.00. The highest BCUT2D eigenvalue weighted by Gasteiger charge is 2.27. The Labute approximate surface area is 105 Å². The Morgan fingerprint density at radius 1 is 1.00 bits per heavy atom. The summed E-state index contributed by atoms with van der Waals surface area (Å²) >= 11 is 4.52. The van der Waals surface area contributed by atoms with Gasteiger partial charge in [-0.2, -0.15) is 12.6 Å². The number of rotatable bonds is 2. The van der Waals surface area contributed by atoms with Crippen LogP contribution in [0.15, 0.2) is 0 Å². The van der Waals surface area contributed by atoms with Gasteiger partial charge in [-0.3, -0.25) is 9.80 Å². The summed E-state index contributed by atoms with van der Waals surface area (Å²) in [6.07, 6.45) is 2.66. The molecule has 2 heterocycles. The summed E-state index contributed by atoms with van der Waals surface area (Å²) in [6, 6.07) is 0.831. The SMILES string of the molecule is CC(S)N1CCC(N2CCN(C)CC2)CC1. The first kappa shape index (κ1) is 12.7. The van der Waals surface area contributed by atoms with E-state index in [0.717, 1.165) is 6.04 Å². The number of likely N-dealkylation sites (tertiary alicyclic amines) is 1. The average Bonchev–Trinajstić information content (AvgIpc) is 2.30. The zero-order valence-electron chi connectivity index (χ0n) is 10.6. The predicted octanol–water partition coefficient (Wildman–Crippen LogP) is 0.974. The van der Waals surface area contributed by atoms with Crippen LogP contribution in [0.25, 0.3) is 0 Å². The maximum Gasteiger partial charge on any atom is 0.0499 e. The highest BCUT2D eigenvalue weighted by molar-refractivity contribution is 7.80. The number of thiol groups is 1. The standard InChI is InChI=1S/C12H25N3S/c1-11(16)14-5-3-12(4-6-14)15-9-7-13(2)8-10-15/h11-12,16H,3-10H2,1-2H3. The third kappa shape index (κ3) is 3.13. The molecule has 0 aliphatic carbocycles. The summed E-state index contributed by atoms with van der Waals surface area (Å²) in [5.41, 5.74) is 0. The number of piperazine rings is 1. The van der Waals surface area contributed by atoms with Crippen molar-refractivity contribution in [3.63, 3.8) is 0 Å². The Morgan fingerprint density at radius 2 is 1.56 bits per heavy atom. The van der Waals surface area contributed by atoms with Crippen LogP contribution < -0.4 is 0 Å². The van der Waals surface area contributed by atoms with Gasteiger partial charge in [0.15, 0.2) is 0 Å². The van der Waals surface area contributed by atoms with Crippen molar-refractivity contribution in [1.29, 1.82) is 0 Å². The first-order valence-electron chi connectivity index (χ1n) is 6.51. The van der Waals surface area contributed by atoms with Crippen LogP contribution in [-0.2, 0) is 0 Å². The Hall–Kier alpha value is 0.230. The van der Waals surface area contributed by atoms with Crippen molar-refractivity contribution in [3.8, 4) is 0 Å². The quantitative estimate of drug-likeness (QED) is 0.725. The molecule has 16 heavy (non-hydrogen) atoms. The molecule has 0 radical (unpaired) electrons. The molecule has 94 valence electrons. The van der Waals surface area contributed by atoms with Crippen LogP contribution in [-0.4, -0.2) is 72.4 Å². The topological polar surface area (TPSA) is 9.72 Å². The largest absolute Gasteiger partial charge is 0.304 e. The number of likely N-dealkylation sites (N-methyl/N-ethyl adjacent to an activating group) is 1. The molecule has 1 atom stereocenters. The van der Waals surface area contributed by atoms with Gasteiger partial charge in [0.05, 0.1) is 0 Å². The van der Waals surface area contributed by atoms with Crippen molar-refractivity contribution in [2.45, 2.75) is 31.2 Å². The van der Waals surface area contributed by atoms with E-state index in [-0.39, 0.29) is 0 Å². The third-order valence-corrected chi connectivity index (χ3v) is 4.41. The molecule has 1 unspecified atom stereocenters. The molecular formula is C12H25N3S. The minimum Gasteiger partial charge on any atom is -0.304 e. The fourth-order valence-corrected chi connectivity index (χ4v) is 3.04. The second-order valence-electron chi connectivity index (χ2n) is 5.24. The van der Waals surface area contributed by atoms with E-state index in [1.54, 1.807) is 0 Å². The zero-order chi connectivity index (χ0) is 11.5. The van der Waals surface area contributed by atoms with Gasteiger partial charge >= 0.3 is 0 Å². The molecule has 0 saturated carbocycles. The lowest BCUT2D eigenvalue weighted by molar-refractivity contribution is 0.0665. The fourth-order valence-electron chi connectivity index (χ4n) is 2.81. The number of piperidine rings is 1. The number of hydrogen-bond donors (Lipinski definition) is 1. The van der Waals surface area contributed by atoms with Gasteiger partial charge in [0.25, 0.3) is 0 Å². The summed E-state index contributed by atoms with van der Waals surface area (Å²) in [7, 11) is 2.22. The van der Waals surface area contributed by atoms with E-state index in [1.807, 2.05) is 0 Å². The van der Waals surface area contributed by atoms with Crippen LogP contribution >= 0.6 is 12.6 Å². The van der Waals surface area contributed by atoms with Gasteiger partial charge in [-0.25, -0.2) is 0 Å². The predicted molar refractivity (Wildman–Crippen MR) is 72.1 cm³/mol. The molecule has 2 fully saturated rings. The molecule has 0 N–H and O–H groups in total. The van der Waals surface area contributed by atoms with Gasteiger partial charge in [0.1, 0.15) is 0 Å². The second-order valence-corrected chi connectivity index (χ2v) is 5.99. The molecule has 0 aromatic carbocycles. The van der Waals surface area contributed by atoms with Gasteiger partial charge in [0, 0.05) is 50.7 Å². The first-order valence-corrected chi connectivity index (χ1v) is 7.03. The molecule has 2 saturated heterocycles. The molecule has 0 aromatic heterocycles. The molecule has 2 aliphatic rings. The van der Waals surface area contributed by atoms with Crippen LogP contribution in [0.2, 0.25) is 0 Å². The molecule has 0 aromatic rings. The minimum absolute atomic E-state index is 0.424. The first-order chi connectivity index (χ1) is 7.66. The lowest BCUT2D eigenvalue weighted by Gasteiger charge is -2.42. The summed E-state index contributed by atoms with van der Waals surface area (Å²) in [5.74, 6) is 0. The smallest absolute Gasteiger partial charge is 0.0499 e. The Kier molecular flexibility index (Phi) is 4.53. The molecule has 0 bridgehead atoms. The van der Waals surface area contributed by atoms with E-state index < -0.39 is 0 Å². The van der Waals surface area contributed by atoms with Crippen molar-refractivity contribution in [2.75, 3.05) is 46.3 Å². The van der Waals surface area contributed by atoms with Gasteiger partial charge in [-0.1, -0.05) is 0 Å². The molecule has 0 spiro atoms. The Morgan fingerprint density at radius 3 is 2.06 bits per heavy atom. The Balaban J connectivity index is 1.76. The lowest BCUT2D eigenvalue weighted by atomic mass is 10.0. The monoisotopic (exact) mass is 243 g/mol. The van der Waals surface area contributed by atoms with Crippen LogP contribution in [0, 0.1) is 0 Å². The highest BCUT2D eigenvalue weighted by atomic mass is 32.1. The molecule has 3 nitrogen and oxygen atoms in total. The van der Waals surface area contributed by atoms with Crippen molar-refractivity contribution in [3.05, 3.63) is 0 Å². The van der Waals surface area contributed by atoms with E-state index in [9.17, 15) is 0 Å². The molecule has 2 aliphatic heterocycles. The summed E-state index contributed by atoms with van der Waals surface area (Å²) < 4.78 is 0. The van der Waals surface area contributed by atoms with Crippen LogP contribution in [0.4, 0.5) is 0 Å². The summed E-state index contributed by atoms with van der Waals surface area (Å²) in [6.45, 7) is 9.63. The normalized spacial score (nSPS) is 29.4. The zero-order valence-corrected chi connectivity index (χ0v) is 11.5. The molecular weight excluding hydrogens is 218 g/mol. The number of nitrogens with zero attached hydrogens (tertiary/aromatic N) is 3. The van der Waals surface area contributed by atoms with E-state index in [2.05, 4.69) is 41.3 Å². The maximum absolute atomic E-state index is 4.52. The average molecular weight is 243 g/mol.